The van der Waals surface area contributed by atoms with Gasteiger partial charge in [-0.15, -0.1) is 6.58 Å². The first-order valence-electron chi connectivity index (χ1n) is 4.66. The van der Waals surface area contributed by atoms with E-state index in [-0.39, 0.29) is 11.7 Å². The molecule has 1 rings (SSSR count). The first-order chi connectivity index (χ1) is 7.92. The Bertz CT molecular complexity index is 454. The SMILES string of the molecule is C=CCNC(=O)c1ccc(OP(=O)(O)S)cc1. The van der Waals surface area contributed by atoms with Gasteiger partial charge in [-0.05, 0) is 36.5 Å². The first-order valence-corrected chi connectivity index (χ1v) is 7.40. The van der Waals surface area contributed by atoms with Crippen molar-refractivity contribution in [3.63, 3.8) is 0 Å². The summed E-state index contributed by atoms with van der Waals surface area (Å²) in [7, 11) is 0. The van der Waals surface area contributed by atoms with Crippen molar-refractivity contribution in [2.75, 3.05) is 6.54 Å². The standard InChI is InChI=1S/C10H12NO4PS/c1-2-7-11-10(12)8-3-5-9(6-4-8)15-16(13,14)17/h2-6H,1,7H2,(H,11,12)(H2,13,14,17). The van der Waals surface area contributed by atoms with Crippen molar-refractivity contribution in [3.8, 4) is 5.75 Å². The molecule has 0 aliphatic carbocycles. The van der Waals surface area contributed by atoms with Crippen LogP contribution in [0.15, 0.2) is 36.9 Å². The van der Waals surface area contributed by atoms with E-state index in [0.29, 0.717) is 12.1 Å². The van der Waals surface area contributed by atoms with Gasteiger partial charge in [0.15, 0.2) is 0 Å². The molecule has 1 aromatic rings. The molecule has 5 nitrogen and oxygen atoms in total. The minimum atomic E-state index is -3.86. The van der Waals surface area contributed by atoms with E-state index in [0.717, 1.165) is 0 Å². The Morgan fingerprint density at radius 2 is 2.12 bits per heavy atom. The van der Waals surface area contributed by atoms with Crippen molar-refractivity contribution in [3.05, 3.63) is 42.5 Å². The van der Waals surface area contributed by atoms with Crippen molar-refractivity contribution in [2.24, 2.45) is 0 Å². The fourth-order valence-electron chi connectivity index (χ4n) is 1.07. The summed E-state index contributed by atoms with van der Waals surface area (Å²) in [6.07, 6.45) is 1.57. The molecule has 0 spiro atoms. The van der Waals surface area contributed by atoms with Crippen LogP contribution in [0.5, 0.6) is 5.75 Å². The van der Waals surface area contributed by atoms with E-state index >= 15 is 0 Å². The average molecular weight is 273 g/mol. The van der Waals surface area contributed by atoms with Crippen molar-refractivity contribution >= 4 is 25.0 Å². The third-order valence-corrected chi connectivity index (χ3v) is 2.44. The number of nitrogens with one attached hydrogen (secondary N) is 1. The van der Waals surface area contributed by atoms with Gasteiger partial charge in [-0.2, -0.15) is 0 Å². The van der Waals surface area contributed by atoms with Gasteiger partial charge >= 0.3 is 6.80 Å². The third-order valence-electron chi connectivity index (χ3n) is 1.75. The second kappa shape index (κ2) is 5.91. The molecular weight excluding hydrogens is 261 g/mol. The highest BCUT2D eigenvalue weighted by Gasteiger charge is 2.13. The normalized spacial score (nSPS) is 13.5. The summed E-state index contributed by atoms with van der Waals surface area (Å²) in [4.78, 5) is 20.4. The quantitative estimate of drug-likeness (QED) is 0.436. The maximum absolute atomic E-state index is 11.5. The molecule has 1 unspecified atom stereocenters. The Labute approximate surface area is 104 Å². The smallest absolute Gasteiger partial charge is 0.417 e. The van der Waals surface area contributed by atoms with Crippen LogP contribution in [-0.4, -0.2) is 17.3 Å². The predicted molar refractivity (Wildman–Crippen MR) is 68.4 cm³/mol. The van der Waals surface area contributed by atoms with Crippen LogP contribution >= 0.6 is 19.0 Å². The first kappa shape index (κ1) is 13.8. The molecule has 0 heterocycles. The predicted octanol–water partition coefficient (Wildman–Crippen LogP) is 2.01. The fraction of sp³-hybridized carbons (Fsp3) is 0.100. The van der Waals surface area contributed by atoms with Crippen LogP contribution in [0.4, 0.5) is 0 Å². The second-order valence-electron chi connectivity index (χ2n) is 3.10. The Hall–Kier alpha value is -1.23. The molecule has 0 saturated carbocycles. The lowest BCUT2D eigenvalue weighted by Crippen LogP contribution is -2.22. The van der Waals surface area contributed by atoms with E-state index in [9.17, 15) is 9.36 Å². The molecule has 0 aliphatic rings. The Kier molecular flexibility index (Phi) is 4.81. The Morgan fingerprint density at radius 1 is 1.53 bits per heavy atom. The van der Waals surface area contributed by atoms with E-state index in [1.807, 2.05) is 0 Å². The summed E-state index contributed by atoms with van der Waals surface area (Å²) >= 11 is 3.38. The third kappa shape index (κ3) is 5.08. The van der Waals surface area contributed by atoms with E-state index in [1.165, 1.54) is 24.3 Å². The van der Waals surface area contributed by atoms with Gasteiger partial charge in [-0.1, -0.05) is 6.08 Å². The molecule has 0 aliphatic heterocycles. The van der Waals surface area contributed by atoms with Crippen LogP contribution in [0.2, 0.25) is 0 Å². The summed E-state index contributed by atoms with van der Waals surface area (Å²) in [6, 6.07) is 5.80. The number of carbonyl (C=O) groups excluding carboxylic acids is 1. The molecule has 1 atom stereocenters. The molecular formula is C10H12NO4PS. The topological polar surface area (TPSA) is 75.6 Å². The molecule has 1 aromatic carbocycles. The zero-order valence-electron chi connectivity index (χ0n) is 8.87. The lowest BCUT2D eigenvalue weighted by Gasteiger charge is -2.08. The van der Waals surface area contributed by atoms with E-state index in [4.69, 9.17) is 4.89 Å². The summed E-state index contributed by atoms with van der Waals surface area (Å²) < 4.78 is 15.5. The molecule has 92 valence electrons. The largest absolute Gasteiger partial charge is 0.434 e. The number of thiol groups is 1. The number of benzene rings is 1. The van der Waals surface area contributed by atoms with Gasteiger partial charge in [0.2, 0.25) is 0 Å². The fourth-order valence-corrected chi connectivity index (χ4v) is 1.75. The minimum absolute atomic E-state index is 0.172. The molecule has 0 bridgehead atoms. The zero-order chi connectivity index (χ0) is 12.9. The highest BCUT2D eigenvalue weighted by Crippen LogP contribution is 2.46. The molecule has 7 heteroatoms. The van der Waals surface area contributed by atoms with Gasteiger partial charge in [0.1, 0.15) is 5.75 Å². The molecule has 0 fully saturated rings. The minimum Gasteiger partial charge on any atom is -0.417 e. The van der Waals surface area contributed by atoms with Crippen LogP contribution in [0.3, 0.4) is 0 Å². The van der Waals surface area contributed by atoms with Crippen LogP contribution in [0.25, 0.3) is 0 Å². The lowest BCUT2D eigenvalue weighted by molar-refractivity contribution is 0.0958. The molecule has 0 aromatic heterocycles. The number of amides is 1. The summed E-state index contributed by atoms with van der Waals surface area (Å²) in [6.45, 7) is -0.0101. The number of hydrogen-bond donors (Lipinski definition) is 3. The monoisotopic (exact) mass is 273 g/mol. The van der Waals surface area contributed by atoms with Crippen molar-refractivity contribution in [2.45, 2.75) is 0 Å². The van der Waals surface area contributed by atoms with E-state index < -0.39 is 6.80 Å². The molecule has 0 saturated heterocycles. The van der Waals surface area contributed by atoms with Crippen LogP contribution < -0.4 is 9.84 Å². The van der Waals surface area contributed by atoms with Crippen molar-refractivity contribution < 1.29 is 18.8 Å². The Morgan fingerprint density at radius 3 is 2.59 bits per heavy atom. The molecule has 2 N–H and O–H groups in total. The van der Waals surface area contributed by atoms with Crippen LogP contribution in [-0.2, 0) is 4.57 Å². The molecule has 0 radical (unpaired) electrons. The Balaban J connectivity index is 2.71. The summed E-state index contributed by atoms with van der Waals surface area (Å²) in [5, 5.41) is 2.60. The van der Waals surface area contributed by atoms with Gasteiger partial charge in [-0.3, -0.25) is 4.79 Å². The highest BCUT2D eigenvalue weighted by molar-refractivity contribution is 8.44. The van der Waals surface area contributed by atoms with Crippen molar-refractivity contribution in [1.29, 1.82) is 0 Å². The van der Waals surface area contributed by atoms with Gasteiger partial charge in [0.25, 0.3) is 5.91 Å². The second-order valence-corrected chi connectivity index (χ2v) is 5.79. The van der Waals surface area contributed by atoms with Gasteiger partial charge in [0, 0.05) is 12.1 Å². The maximum Gasteiger partial charge on any atom is 0.434 e. The number of rotatable bonds is 5. The number of carbonyl (C=O) groups is 1. The summed E-state index contributed by atoms with van der Waals surface area (Å²) in [5.41, 5.74) is 0.422. The number of hydrogen-bond acceptors (Lipinski definition) is 3. The van der Waals surface area contributed by atoms with Crippen LogP contribution in [0, 0.1) is 0 Å². The average Bonchev–Trinajstić information content (AvgIpc) is 2.24. The maximum atomic E-state index is 11.5. The van der Waals surface area contributed by atoms with Gasteiger partial charge in [-0.25, -0.2) is 4.57 Å². The van der Waals surface area contributed by atoms with Crippen LogP contribution in [0.1, 0.15) is 10.4 Å². The lowest BCUT2D eigenvalue weighted by atomic mass is 10.2. The van der Waals surface area contributed by atoms with E-state index in [2.05, 4.69) is 28.7 Å². The van der Waals surface area contributed by atoms with E-state index in [1.54, 1.807) is 6.08 Å². The summed E-state index contributed by atoms with van der Waals surface area (Å²) in [5.74, 6) is -0.0828. The zero-order valence-corrected chi connectivity index (χ0v) is 10.7. The van der Waals surface area contributed by atoms with Gasteiger partial charge < -0.3 is 14.7 Å². The highest BCUT2D eigenvalue weighted by atomic mass is 32.7. The molecule has 1 amide bonds. The van der Waals surface area contributed by atoms with Gasteiger partial charge in [0.05, 0.1) is 0 Å². The van der Waals surface area contributed by atoms with Crippen molar-refractivity contribution in [1.82, 2.24) is 5.32 Å². The molecule has 17 heavy (non-hydrogen) atoms.